The summed E-state index contributed by atoms with van der Waals surface area (Å²) in [6.45, 7) is 5.70. The summed E-state index contributed by atoms with van der Waals surface area (Å²) in [5.74, 6) is 2.46. The summed E-state index contributed by atoms with van der Waals surface area (Å²) in [5, 5.41) is 9.95. The largest absolute Gasteiger partial charge is 0.486 e. The van der Waals surface area contributed by atoms with Crippen molar-refractivity contribution >= 4 is 47.4 Å². The van der Waals surface area contributed by atoms with E-state index in [0.717, 1.165) is 37.3 Å². The van der Waals surface area contributed by atoms with Gasteiger partial charge in [-0.1, -0.05) is 11.6 Å². The van der Waals surface area contributed by atoms with Crippen molar-refractivity contribution in [2.24, 2.45) is 10.9 Å². The van der Waals surface area contributed by atoms with Crippen LogP contribution >= 0.6 is 35.6 Å². The lowest BCUT2D eigenvalue weighted by atomic mass is 10.1. The van der Waals surface area contributed by atoms with Gasteiger partial charge < -0.3 is 25.4 Å². The number of carbonyl (C=O) groups is 1. The summed E-state index contributed by atoms with van der Waals surface area (Å²) in [7, 11) is 0. The number of nitrogens with zero attached hydrogens (tertiary/aromatic N) is 1. The Bertz CT molecular complexity index is 698. The number of nitrogens with one attached hydrogen (secondary N) is 3. The van der Waals surface area contributed by atoms with Gasteiger partial charge >= 0.3 is 0 Å². The zero-order valence-electron chi connectivity index (χ0n) is 16.1. The molecule has 0 radical (unpaired) electrons. The highest BCUT2D eigenvalue weighted by molar-refractivity contribution is 14.0. The highest BCUT2D eigenvalue weighted by Crippen LogP contribution is 2.38. The predicted octanol–water partition coefficient (Wildman–Crippen LogP) is 2.35. The second-order valence-electron chi connectivity index (χ2n) is 6.60. The Morgan fingerprint density at radius 1 is 1.18 bits per heavy atom. The highest BCUT2D eigenvalue weighted by atomic mass is 127. The molecule has 0 spiro atoms. The summed E-state index contributed by atoms with van der Waals surface area (Å²) in [4.78, 5) is 16.2. The van der Waals surface area contributed by atoms with E-state index in [9.17, 15) is 4.79 Å². The Kier molecular flexibility index (Phi) is 9.43. The molecular formula is C19H28ClIN4O3. The molecule has 0 saturated heterocycles. The second kappa shape index (κ2) is 11.5. The SMILES string of the molecule is CCNC(=NCCc1cc(Cl)c2c(c1)OCCO2)NCCNC(=O)C1CC1.I. The van der Waals surface area contributed by atoms with Gasteiger partial charge in [0.2, 0.25) is 5.91 Å². The molecule has 1 amide bonds. The molecule has 1 fully saturated rings. The minimum Gasteiger partial charge on any atom is -0.486 e. The van der Waals surface area contributed by atoms with E-state index < -0.39 is 0 Å². The van der Waals surface area contributed by atoms with Crippen LogP contribution in [0, 0.1) is 5.92 Å². The monoisotopic (exact) mass is 522 g/mol. The molecule has 1 heterocycles. The van der Waals surface area contributed by atoms with Crippen LogP contribution in [-0.4, -0.2) is 51.3 Å². The van der Waals surface area contributed by atoms with Crippen molar-refractivity contribution in [3.05, 3.63) is 22.7 Å². The van der Waals surface area contributed by atoms with Gasteiger partial charge in [-0.25, -0.2) is 0 Å². The van der Waals surface area contributed by atoms with E-state index in [2.05, 4.69) is 20.9 Å². The Morgan fingerprint density at radius 3 is 2.68 bits per heavy atom. The van der Waals surface area contributed by atoms with Gasteiger partial charge in [-0.3, -0.25) is 9.79 Å². The fourth-order valence-electron chi connectivity index (χ4n) is 2.80. The third kappa shape index (κ3) is 6.88. The molecule has 0 atom stereocenters. The van der Waals surface area contributed by atoms with Crippen LogP contribution in [0.5, 0.6) is 11.5 Å². The van der Waals surface area contributed by atoms with Crippen molar-refractivity contribution in [1.29, 1.82) is 0 Å². The topological polar surface area (TPSA) is 84.0 Å². The van der Waals surface area contributed by atoms with Crippen LogP contribution in [0.2, 0.25) is 5.02 Å². The van der Waals surface area contributed by atoms with E-state index in [0.29, 0.717) is 49.4 Å². The van der Waals surface area contributed by atoms with Gasteiger partial charge in [-0.2, -0.15) is 0 Å². The van der Waals surface area contributed by atoms with Crippen LogP contribution in [0.1, 0.15) is 25.3 Å². The van der Waals surface area contributed by atoms with Crippen LogP contribution in [0.25, 0.3) is 0 Å². The van der Waals surface area contributed by atoms with Crippen molar-refractivity contribution < 1.29 is 14.3 Å². The molecule has 1 saturated carbocycles. The lowest BCUT2D eigenvalue weighted by Gasteiger charge is -2.20. The lowest BCUT2D eigenvalue weighted by Crippen LogP contribution is -2.41. The number of rotatable bonds is 8. The Morgan fingerprint density at radius 2 is 1.93 bits per heavy atom. The van der Waals surface area contributed by atoms with E-state index in [1.807, 2.05) is 19.1 Å². The van der Waals surface area contributed by atoms with Gasteiger partial charge in [-0.05, 0) is 43.9 Å². The first-order valence-electron chi connectivity index (χ1n) is 9.55. The molecule has 28 heavy (non-hydrogen) atoms. The van der Waals surface area contributed by atoms with E-state index >= 15 is 0 Å². The average Bonchev–Trinajstić information content (AvgIpc) is 3.50. The molecule has 7 nitrogen and oxygen atoms in total. The molecule has 3 N–H and O–H groups in total. The first kappa shape index (κ1) is 22.9. The summed E-state index contributed by atoms with van der Waals surface area (Å²) in [5.41, 5.74) is 1.06. The van der Waals surface area contributed by atoms with Crippen LogP contribution in [0.3, 0.4) is 0 Å². The maximum atomic E-state index is 11.6. The highest BCUT2D eigenvalue weighted by Gasteiger charge is 2.28. The maximum absolute atomic E-state index is 11.6. The summed E-state index contributed by atoms with van der Waals surface area (Å²) < 4.78 is 11.2. The number of halogens is 2. The van der Waals surface area contributed by atoms with Gasteiger partial charge in [0.05, 0.1) is 5.02 Å². The summed E-state index contributed by atoms with van der Waals surface area (Å²) >= 11 is 6.28. The molecule has 1 aliphatic carbocycles. The third-order valence-corrected chi connectivity index (χ3v) is 4.62. The lowest BCUT2D eigenvalue weighted by molar-refractivity contribution is -0.122. The minimum absolute atomic E-state index is 0. The van der Waals surface area contributed by atoms with Crippen molar-refractivity contribution in [3.8, 4) is 11.5 Å². The number of aliphatic imine (C=N–C) groups is 1. The van der Waals surface area contributed by atoms with Crippen molar-refractivity contribution in [3.63, 3.8) is 0 Å². The Hall–Kier alpha value is -1.42. The normalized spacial score (nSPS) is 15.4. The van der Waals surface area contributed by atoms with Crippen molar-refractivity contribution in [1.82, 2.24) is 16.0 Å². The second-order valence-corrected chi connectivity index (χ2v) is 7.01. The van der Waals surface area contributed by atoms with E-state index in [-0.39, 0.29) is 35.8 Å². The number of carbonyl (C=O) groups excluding carboxylic acids is 1. The number of ether oxygens (including phenoxy) is 2. The quantitative estimate of drug-likeness (QED) is 0.211. The molecule has 0 unspecified atom stereocenters. The number of fused-ring (bicyclic) bond motifs is 1. The molecule has 156 valence electrons. The van der Waals surface area contributed by atoms with E-state index in [1.165, 1.54) is 0 Å². The zero-order chi connectivity index (χ0) is 19.1. The standard InChI is InChI=1S/C19H27ClN4O3.HI/c1-2-21-19(24-8-7-22-18(25)14-3-4-14)23-6-5-13-11-15(20)17-16(12-13)26-9-10-27-17;/h11-12,14H,2-10H2,1H3,(H,22,25)(H2,21,23,24);1H. The van der Waals surface area contributed by atoms with E-state index in [1.54, 1.807) is 0 Å². The number of benzene rings is 1. The molecule has 0 aromatic heterocycles. The Labute approximate surface area is 188 Å². The zero-order valence-corrected chi connectivity index (χ0v) is 19.1. The molecule has 9 heteroatoms. The molecular weight excluding hydrogens is 495 g/mol. The van der Waals surface area contributed by atoms with Crippen LogP contribution in [0.15, 0.2) is 17.1 Å². The van der Waals surface area contributed by atoms with Crippen LogP contribution < -0.4 is 25.4 Å². The van der Waals surface area contributed by atoms with Crippen molar-refractivity contribution in [2.45, 2.75) is 26.2 Å². The van der Waals surface area contributed by atoms with Gasteiger partial charge in [0, 0.05) is 32.1 Å². The smallest absolute Gasteiger partial charge is 0.223 e. The van der Waals surface area contributed by atoms with Gasteiger partial charge in [0.25, 0.3) is 0 Å². The molecule has 0 bridgehead atoms. The molecule has 1 aromatic carbocycles. The van der Waals surface area contributed by atoms with E-state index in [4.69, 9.17) is 21.1 Å². The molecule has 3 rings (SSSR count). The van der Waals surface area contributed by atoms with Gasteiger partial charge in [-0.15, -0.1) is 24.0 Å². The maximum Gasteiger partial charge on any atom is 0.223 e. The first-order valence-corrected chi connectivity index (χ1v) is 9.93. The fourth-order valence-corrected chi connectivity index (χ4v) is 3.09. The molecule has 1 aliphatic heterocycles. The minimum atomic E-state index is 0. The Balaban J connectivity index is 0.00000280. The fraction of sp³-hybridized carbons (Fsp3) is 0.579. The summed E-state index contributed by atoms with van der Waals surface area (Å²) in [6, 6.07) is 3.86. The molecule has 2 aliphatic rings. The van der Waals surface area contributed by atoms with Crippen LogP contribution in [0.4, 0.5) is 0 Å². The van der Waals surface area contributed by atoms with Gasteiger partial charge in [0.15, 0.2) is 17.5 Å². The summed E-state index contributed by atoms with van der Waals surface area (Å²) in [6.07, 6.45) is 2.78. The van der Waals surface area contributed by atoms with Crippen LogP contribution in [-0.2, 0) is 11.2 Å². The number of hydrogen-bond donors (Lipinski definition) is 3. The average molecular weight is 523 g/mol. The predicted molar refractivity (Wildman–Crippen MR) is 121 cm³/mol. The number of hydrogen-bond acceptors (Lipinski definition) is 4. The van der Waals surface area contributed by atoms with Crippen molar-refractivity contribution in [2.75, 3.05) is 39.4 Å². The molecule has 1 aromatic rings. The first-order chi connectivity index (χ1) is 13.2. The number of guanidine groups is 1. The number of amides is 1. The third-order valence-electron chi connectivity index (χ3n) is 4.34. The van der Waals surface area contributed by atoms with Gasteiger partial charge in [0.1, 0.15) is 13.2 Å².